The molecular formula is C6H12O3. The fraction of sp³-hybridized carbons (Fsp3) is 1.00. The molecule has 1 fully saturated rings. The van der Waals surface area contributed by atoms with Crippen LogP contribution in [0.4, 0.5) is 0 Å². The first kappa shape index (κ1) is 6.99. The molecule has 0 aromatic heterocycles. The summed E-state index contributed by atoms with van der Waals surface area (Å²) in [5, 5.41) is 17.6. The van der Waals surface area contributed by atoms with Gasteiger partial charge in [-0.05, 0) is 6.42 Å². The fourth-order valence-electron chi connectivity index (χ4n) is 0.987. The maximum Gasteiger partial charge on any atom is 0.0830 e. The Morgan fingerprint density at radius 3 is 2.78 bits per heavy atom. The van der Waals surface area contributed by atoms with E-state index in [0.29, 0.717) is 19.4 Å². The van der Waals surface area contributed by atoms with Crippen LogP contribution < -0.4 is 0 Å². The number of hydrogen-bond acceptors (Lipinski definition) is 3. The Hall–Kier alpha value is -0.120. The zero-order chi connectivity index (χ0) is 6.69. The van der Waals surface area contributed by atoms with Crippen LogP contribution in [0.1, 0.15) is 12.8 Å². The Labute approximate surface area is 54.3 Å². The predicted octanol–water partition coefficient (Wildman–Crippen LogP) is -0.481. The summed E-state index contributed by atoms with van der Waals surface area (Å²) in [6.07, 6.45) is 0.886. The van der Waals surface area contributed by atoms with E-state index in [1.165, 1.54) is 0 Å². The van der Waals surface area contributed by atoms with Crippen molar-refractivity contribution in [3.8, 4) is 0 Å². The van der Waals surface area contributed by atoms with Crippen molar-refractivity contribution < 1.29 is 14.9 Å². The monoisotopic (exact) mass is 132 g/mol. The first-order valence-corrected chi connectivity index (χ1v) is 3.23. The molecule has 0 spiro atoms. The molecule has 3 nitrogen and oxygen atoms in total. The number of aliphatic hydroxyl groups excluding tert-OH is 2. The summed E-state index contributed by atoms with van der Waals surface area (Å²) in [4.78, 5) is 0. The molecule has 2 atom stereocenters. The van der Waals surface area contributed by atoms with Gasteiger partial charge in [0.15, 0.2) is 0 Å². The molecule has 0 aliphatic carbocycles. The molecule has 0 aromatic carbocycles. The molecule has 0 saturated carbocycles. The van der Waals surface area contributed by atoms with Gasteiger partial charge in [0.2, 0.25) is 0 Å². The smallest absolute Gasteiger partial charge is 0.0830 e. The highest BCUT2D eigenvalue weighted by Crippen LogP contribution is 2.12. The van der Waals surface area contributed by atoms with Gasteiger partial charge in [0, 0.05) is 13.0 Å². The molecule has 0 bridgehead atoms. The van der Waals surface area contributed by atoms with Gasteiger partial charge in [0.05, 0.1) is 18.8 Å². The second-order valence-corrected chi connectivity index (χ2v) is 2.35. The minimum absolute atomic E-state index is 0.0249. The lowest BCUT2D eigenvalue weighted by Crippen LogP contribution is -2.31. The molecule has 9 heavy (non-hydrogen) atoms. The topological polar surface area (TPSA) is 49.7 Å². The van der Waals surface area contributed by atoms with Crippen LogP contribution >= 0.6 is 0 Å². The molecule has 1 saturated heterocycles. The Morgan fingerprint density at radius 1 is 1.56 bits per heavy atom. The van der Waals surface area contributed by atoms with Crippen molar-refractivity contribution in [3.05, 3.63) is 0 Å². The van der Waals surface area contributed by atoms with E-state index in [9.17, 15) is 0 Å². The van der Waals surface area contributed by atoms with Gasteiger partial charge in [0.25, 0.3) is 0 Å². The highest BCUT2D eigenvalue weighted by molar-refractivity contribution is 4.68. The lowest BCUT2D eigenvalue weighted by molar-refractivity contribution is -0.0642. The van der Waals surface area contributed by atoms with Crippen LogP contribution in [0.25, 0.3) is 0 Å². The lowest BCUT2D eigenvalue weighted by Gasteiger charge is -2.24. The van der Waals surface area contributed by atoms with Gasteiger partial charge < -0.3 is 14.9 Å². The minimum atomic E-state index is -0.268. The van der Waals surface area contributed by atoms with E-state index in [1.807, 2.05) is 0 Å². The Bertz CT molecular complexity index is 84.4. The third kappa shape index (κ3) is 1.93. The molecule has 2 N–H and O–H groups in total. The highest BCUT2D eigenvalue weighted by atomic mass is 16.5. The van der Waals surface area contributed by atoms with Gasteiger partial charge in [-0.25, -0.2) is 0 Å². The van der Waals surface area contributed by atoms with E-state index in [-0.39, 0.29) is 18.8 Å². The standard InChI is InChI=1S/C6H12O3/c7-4-6-3-5(8)1-2-9-6/h5-8H,1-4H2/t5-,6?/m1/s1. The van der Waals surface area contributed by atoms with E-state index >= 15 is 0 Å². The largest absolute Gasteiger partial charge is 0.394 e. The fourth-order valence-corrected chi connectivity index (χ4v) is 0.987. The van der Waals surface area contributed by atoms with Gasteiger partial charge in [-0.2, -0.15) is 0 Å². The molecule has 0 amide bonds. The van der Waals surface area contributed by atoms with Crippen molar-refractivity contribution in [3.63, 3.8) is 0 Å². The van der Waals surface area contributed by atoms with Crippen molar-refractivity contribution in [1.82, 2.24) is 0 Å². The van der Waals surface area contributed by atoms with Crippen LogP contribution in [0.5, 0.6) is 0 Å². The average Bonchev–Trinajstić information content (AvgIpc) is 1.88. The first-order valence-electron chi connectivity index (χ1n) is 3.23. The number of ether oxygens (including phenoxy) is 1. The lowest BCUT2D eigenvalue weighted by atomic mass is 10.1. The third-order valence-electron chi connectivity index (χ3n) is 1.54. The quantitative estimate of drug-likeness (QED) is 0.506. The highest BCUT2D eigenvalue weighted by Gasteiger charge is 2.19. The Morgan fingerprint density at radius 2 is 2.33 bits per heavy atom. The molecule has 0 radical (unpaired) electrons. The van der Waals surface area contributed by atoms with E-state index in [0.717, 1.165) is 0 Å². The molecule has 1 heterocycles. The van der Waals surface area contributed by atoms with Gasteiger partial charge in [-0.3, -0.25) is 0 Å². The van der Waals surface area contributed by atoms with Gasteiger partial charge in [-0.15, -0.1) is 0 Å². The minimum Gasteiger partial charge on any atom is -0.394 e. The SMILES string of the molecule is OCC1C[C@H](O)CCO1. The first-order chi connectivity index (χ1) is 4.33. The summed E-state index contributed by atoms with van der Waals surface area (Å²) < 4.78 is 5.09. The van der Waals surface area contributed by atoms with Crippen molar-refractivity contribution in [2.45, 2.75) is 25.0 Å². The summed E-state index contributed by atoms with van der Waals surface area (Å²) in [7, 11) is 0. The summed E-state index contributed by atoms with van der Waals surface area (Å²) in [5.41, 5.74) is 0. The van der Waals surface area contributed by atoms with Crippen molar-refractivity contribution in [1.29, 1.82) is 0 Å². The molecule has 1 rings (SSSR count). The second kappa shape index (κ2) is 3.15. The molecule has 1 unspecified atom stereocenters. The van der Waals surface area contributed by atoms with Gasteiger partial charge in [0.1, 0.15) is 0 Å². The molecule has 3 heteroatoms. The van der Waals surface area contributed by atoms with Crippen molar-refractivity contribution in [2.24, 2.45) is 0 Å². The van der Waals surface area contributed by atoms with Crippen LogP contribution in [0.2, 0.25) is 0 Å². The van der Waals surface area contributed by atoms with Gasteiger partial charge in [-0.1, -0.05) is 0 Å². The molecule has 54 valence electrons. The van der Waals surface area contributed by atoms with E-state index in [2.05, 4.69) is 0 Å². The maximum atomic E-state index is 9.02. The van der Waals surface area contributed by atoms with E-state index < -0.39 is 0 Å². The number of rotatable bonds is 1. The summed E-state index contributed by atoms with van der Waals surface area (Å²) in [6.45, 7) is 0.601. The van der Waals surface area contributed by atoms with Crippen LogP contribution in [0.15, 0.2) is 0 Å². The van der Waals surface area contributed by atoms with Crippen LogP contribution in [0.3, 0.4) is 0 Å². The van der Waals surface area contributed by atoms with E-state index in [1.54, 1.807) is 0 Å². The zero-order valence-corrected chi connectivity index (χ0v) is 5.29. The average molecular weight is 132 g/mol. The van der Waals surface area contributed by atoms with Crippen LogP contribution in [-0.2, 0) is 4.74 Å². The summed E-state index contributed by atoms with van der Waals surface area (Å²) in [6, 6.07) is 0. The third-order valence-corrected chi connectivity index (χ3v) is 1.54. The summed E-state index contributed by atoms with van der Waals surface area (Å²) in [5.74, 6) is 0. The number of hydrogen-bond donors (Lipinski definition) is 2. The zero-order valence-electron chi connectivity index (χ0n) is 5.29. The number of aliphatic hydroxyl groups is 2. The molecule has 1 aliphatic rings. The van der Waals surface area contributed by atoms with Crippen molar-refractivity contribution in [2.75, 3.05) is 13.2 Å². The van der Waals surface area contributed by atoms with E-state index in [4.69, 9.17) is 14.9 Å². The maximum absolute atomic E-state index is 9.02. The molecular weight excluding hydrogens is 120 g/mol. The molecule has 1 aliphatic heterocycles. The second-order valence-electron chi connectivity index (χ2n) is 2.35. The van der Waals surface area contributed by atoms with Crippen LogP contribution in [0, 0.1) is 0 Å². The van der Waals surface area contributed by atoms with Crippen LogP contribution in [-0.4, -0.2) is 35.6 Å². The molecule has 0 aromatic rings. The summed E-state index contributed by atoms with van der Waals surface area (Å²) >= 11 is 0. The Kier molecular flexibility index (Phi) is 2.45. The normalized spacial score (nSPS) is 36.7. The predicted molar refractivity (Wildman–Crippen MR) is 32.1 cm³/mol. The van der Waals surface area contributed by atoms with Gasteiger partial charge >= 0.3 is 0 Å². The van der Waals surface area contributed by atoms with Crippen molar-refractivity contribution >= 4 is 0 Å². The Balaban J connectivity index is 2.23.